The van der Waals surface area contributed by atoms with Crippen molar-refractivity contribution in [1.29, 1.82) is 0 Å². The third-order valence-corrected chi connectivity index (χ3v) is 5.10. The average Bonchev–Trinajstić information content (AvgIpc) is 3.07. The number of benzene rings is 2. The maximum atomic E-state index is 14.4. The first kappa shape index (κ1) is 16.6. The van der Waals surface area contributed by atoms with Crippen molar-refractivity contribution in [1.82, 2.24) is 0 Å². The topological polar surface area (TPSA) is 66.6 Å². The number of carbonyl (C=O) groups excluding carboxylic acids is 2. The second kappa shape index (κ2) is 6.44. The van der Waals surface area contributed by atoms with Crippen LogP contribution in [0.15, 0.2) is 36.4 Å². The number of nitrogens with zero attached hydrogens (tertiary/aromatic N) is 2. The minimum absolute atomic E-state index is 0.00565. The standard InChI is InChI=1S/C20H20FN3O2/c21-16-9-8-13(23-10-3-7-19(23)25)12-15(16)20(26)24-11-2-4-14-17(22)5-1-6-18(14)24/h1,5-6,8-9,12H,2-4,7,10-11,22H2. The number of rotatable bonds is 2. The van der Waals surface area contributed by atoms with E-state index in [0.717, 1.165) is 30.5 Å². The van der Waals surface area contributed by atoms with Gasteiger partial charge in [-0.1, -0.05) is 6.07 Å². The molecule has 2 N–H and O–H groups in total. The Morgan fingerprint density at radius 1 is 1.08 bits per heavy atom. The summed E-state index contributed by atoms with van der Waals surface area (Å²) >= 11 is 0. The van der Waals surface area contributed by atoms with Gasteiger partial charge in [-0.05, 0) is 55.2 Å². The van der Waals surface area contributed by atoms with Crippen molar-refractivity contribution in [2.45, 2.75) is 25.7 Å². The Morgan fingerprint density at radius 3 is 2.65 bits per heavy atom. The second-order valence-electron chi connectivity index (χ2n) is 6.72. The van der Waals surface area contributed by atoms with Crippen LogP contribution in [0.5, 0.6) is 0 Å². The summed E-state index contributed by atoms with van der Waals surface area (Å²) in [5.41, 5.74) is 8.91. The van der Waals surface area contributed by atoms with Gasteiger partial charge in [-0.15, -0.1) is 0 Å². The molecule has 0 atom stereocenters. The highest BCUT2D eigenvalue weighted by atomic mass is 19.1. The van der Waals surface area contributed by atoms with Crippen LogP contribution in [0.3, 0.4) is 0 Å². The van der Waals surface area contributed by atoms with E-state index in [1.165, 1.54) is 12.1 Å². The highest BCUT2D eigenvalue weighted by Gasteiger charge is 2.28. The second-order valence-corrected chi connectivity index (χ2v) is 6.72. The van der Waals surface area contributed by atoms with Crippen LogP contribution in [-0.4, -0.2) is 24.9 Å². The van der Waals surface area contributed by atoms with Crippen molar-refractivity contribution < 1.29 is 14.0 Å². The van der Waals surface area contributed by atoms with Crippen molar-refractivity contribution in [3.63, 3.8) is 0 Å². The first-order chi connectivity index (χ1) is 12.6. The van der Waals surface area contributed by atoms with Gasteiger partial charge >= 0.3 is 0 Å². The molecule has 1 fully saturated rings. The Balaban J connectivity index is 1.71. The Kier molecular flexibility index (Phi) is 4.11. The van der Waals surface area contributed by atoms with Gasteiger partial charge in [-0.25, -0.2) is 4.39 Å². The molecule has 2 aliphatic rings. The number of halogens is 1. The summed E-state index contributed by atoms with van der Waals surface area (Å²) in [6.07, 6.45) is 2.84. The normalized spacial score (nSPS) is 16.7. The first-order valence-electron chi connectivity index (χ1n) is 8.85. The van der Waals surface area contributed by atoms with Crippen LogP contribution in [0.4, 0.5) is 21.5 Å². The predicted octanol–water partition coefficient (Wildman–Crippen LogP) is 3.13. The highest BCUT2D eigenvalue weighted by molar-refractivity contribution is 6.08. The molecule has 4 rings (SSSR count). The quantitative estimate of drug-likeness (QED) is 0.844. The Bertz CT molecular complexity index is 897. The molecule has 2 aromatic carbocycles. The molecular formula is C20H20FN3O2. The summed E-state index contributed by atoms with van der Waals surface area (Å²) in [5.74, 6) is -0.977. The Morgan fingerprint density at radius 2 is 1.88 bits per heavy atom. The predicted molar refractivity (Wildman–Crippen MR) is 98.8 cm³/mol. The fraction of sp³-hybridized carbons (Fsp3) is 0.300. The fourth-order valence-electron chi connectivity index (χ4n) is 3.77. The van der Waals surface area contributed by atoms with Crippen molar-refractivity contribution in [2.75, 3.05) is 28.6 Å². The smallest absolute Gasteiger partial charge is 0.261 e. The molecule has 2 amide bonds. The molecule has 0 unspecified atom stereocenters. The lowest BCUT2D eigenvalue weighted by atomic mass is 9.99. The van der Waals surface area contributed by atoms with Gasteiger partial charge in [-0.2, -0.15) is 0 Å². The van der Waals surface area contributed by atoms with Crippen LogP contribution >= 0.6 is 0 Å². The van der Waals surface area contributed by atoms with Gasteiger partial charge in [0.1, 0.15) is 5.82 Å². The third kappa shape index (κ3) is 2.71. The van der Waals surface area contributed by atoms with Crippen LogP contribution in [0.2, 0.25) is 0 Å². The molecule has 5 nitrogen and oxygen atoms in total. The SMILES string of the molecule is Nc1cccc2c1CCCN2C(=O)c1cc(N2CCCC2=O)ccc1F. The van der Waals surface area contributed by atoms with Gasteiger partial charge in [0.05, 0.1) is 5.56 Å². The summed E-state index contributed by atoms with van der Waals surface area (Å²) < 4.78 is 14.4. The molecule has 134 valence electrons. The van der Waals surface area contributed by atoms with Gasteiger partial charge in [0.25, 0.3) is 5.91 Å². The third-order valence-electron chi connectivity index (χ3n) is 5.10. The molecule has 6 heteroatoms. The number of fused-ring (bicyclic) bond motifs is 1. The molecule has 0 saturated carbocycles. The molecule has 26 heavy (non-hydrogen) atoms. The van der Waals surface area contributed by atoms with E-state index in [2.05, 4.69) is 0 Å². The molecule has 0 aromatic heterocycles. The largest absolute Gasteiger partial charge is 0.398 e. The van der Waals surface area contributed by atoms with Gasteiger partial charge < -0.3 is 15.5 Å². The van der Waals surface area contributed by atoms with Gasteiger partial charge in [-0.3, -0.25) is 9.59 Å². The minimum Gasteiger partial charge on any atom is -0.398 e. The average molecular weight is 353 g/mol. The van der Waals surface area contributed by atoms with Crippen LogP contribution < -0.4 is 15.5 Å². The summed E-state index contributed by atoms with van der Waals surface area (Å²) in [6.45, 7) is 1.11. The molecule has 2 aromatic rings. The number of nitrogen functional groups attached to an aromatic ring is 1. The van der Waals surface area contributed by atoms with Crippen molar-refractivity contribution in [2.24, 2.45) is 0 Å². The lowest BCUT2D eigenvalue weighted by Gasteiger charge is -2.30. The Hall–Kier alpha value is -2.89. The van der Waals surface area contributed by atoms with E-state index >= 15 is 0 Å². The number of anilines is 3. The van der Waals surface area contributed by atoms with Gasteiger partial charge in [0, 0.05) is 36.6 Å². The number of amides is 2. The highest BCUT2D eigenvalue weighted by Crippen LogP contribution is 2.33. The van der Waals surface area contributed by atoms with E-state index in [0.29, 0.717) is 30.9 Å². The maximum Gasteiger partial charge on any atom is 0.261 e. The van der Waals surface area contributed by atoms with Crippen LogP contribution in [-0.2, 0) is 11.2 Å². The molecule has 2 heterocycles. The van der Waals surface area contributed by atoms with E-state index in [4.69, 9.17) is 5.73 Å². The van der Waals surface area contributed by atoms with E-state index in [9.17, 15) is 14.0 Å². The van der Waals surface area contributed by atoms with Gasteiger partial charge in [0.15, 0.2) is 0 Å². The minimum atomic E-state index is -0.582. The lowest BCUT2D eigenvalue weighted by molar-refractivity contribution is -0.117. The maximum absolute atomic E-state index is 14.4. The summed E-state index contributed by atoms with van der Waals surface area (Å²) in [7, 11) is 0. The Labute approximate surface area is 151 Å². The summed E-state index contributed by atoms with van der Waals surface area (Å²) in [5, 5.41) is 0. The van der Waals surface area contributed by atoms with Crippen LogP contribution in [0.25, 0.3) is 0 Å². The van der Waals surface area contributed by atoms with Crippen LogP contribution in [0, 0.1) is 5.82 Å². The zero-order chi connectivity index (χ0) is 18.3. The summed E-state index contributed by atoms with van der Waals surface area (Å²) in [6, 6.07) is 9.76. The lowest BCUT2D eigenvalue weighted by Crippen LogP contribution is -2.36. The number of carbonyl (C=O) groups is 2. The van der Waals surface area contributed by atoms with E-state index in [1.54, 1.807) is 21.9 Å². The molecule has 0 radical (unpaired) electrons. The molecule has 2 aliphatic heterocycles. The van der Waals surface area contributed by atoms with Gasteiger partial charge in [0.2, 0.25) is 5.91 Å². The zero-order valence-electron chi connectivity index (χ0n) is 14.4. The first-order valence-corrected chi connectivity index (χ1v) is 8.85. The molecule has 1 saturated heterocycles. The number of hydrogen-bond donors (Lipinski definition) is 1. The number of nitrogens with two attached hydrogens (primary N) is 1. The molecule has 0 spiro atoms. The van der Waals surface area contributed by atoms with Crippen molar-refractivity contribution in [3.05, 3.63) is 53.3 Å². The number of hydrogen-bond acceptors (Lipinski definition) is 3. The van der Waals surface area contributed by atoms with Crippen LogP contribution in [0.1, 0.15) is 35.2 Å². The zero-order valence-corrected chi connectivity index (χ0v) is 14.4. The molecular weight excluding hydrogens is 333 g/mol. The van der Waals surface area contributed by atoms with Crippen molar-refractivity contribution >= 4 is 28.9 Å². The monoisotopic (exact) mass is 353 g/mol. The van der Waals surface area contributed by atoms with Crippen molar-refractivity contribution in [3.8, 4) is 0 Å². The van der Waals surface area contributed by atoms with E-state index in [1.807, 2.05) is 12.1 Å². The molecule has 0 aliphatic carbocycles. The molecule has 0 bridgehead atoms. The fourth-order valence-corrected chi connectivity index (χ4v) is 3.77. The van der Waals surface area contributed by atoms with E-state index in [-0.39, 0.29) is 11.5 Å². The summed E-state index contributed by atoms with van der Waals surface area (Å²) in [4.78, 5) is 28.2. The van der Waals surface area contributed by atoms with E-state index < -0.39 is 11.7 Å².